The molecule has 0 saturated heterocycles. The maximum absolute atomic E-state index is 11.8. The molecular formula is C15H17ClN2O2. The molecule has 0 aliphatic rings. The first-order valence-electron chi connectivity index (χ1n) is 6.34. The fourth-order valence-electron chi connectivity index (χ4n) is 1.56. The summed E-state index contributed by atoms with van der Waals surface area (Å²) in [5, 5.41) is 4.56. The molecule has 0 aliphatic carbocycles. The Labute approximate surface area is 123 Å². The van der Waals surface area contributed by atoms with Gasteiger partial charge in [0, 0.05) is 12.4 Å². The van der Waals surface area contributed by atoms with Gasteiger partial charge < -0.3 is 4.74 Å². The van der Waals surface area contributed by atoms with Crippen molar-refractivity contribution in [1.29, 1.82) is 0 Å². The molecule has 0 saturated carbocycles. The van der Waals surface area contributed by atoms with Crippen molar-refractivity contribution in [3.05, 3.63) is 47.2 Å². The predicted octanol–water partition coefficient (Wildman–Crippen LogP) is 3.54. The molecule has 0 bridgehead atoms. The van der Waals surface area contributed by atoms with Gasteiger partial charge in [-0.3, -0.25) is 9.48 Å². The molecule has 2 rings (SSSR count). The number of esters is 1. The second-order valence-electron chi connectivity index (χ2n) is 5.61. The molecule has 0 amide bonds. The molecule has 0 aliphatic heterocycles. The van der Waals surface area contributed by atoms with E-state index in [1.54, 1.807) is 43.8 Å². The summed E-state index contributed by atoms with van der Waals surface area (Å²) >= 11 is 6.16. The van der Waals surface area contributed by atoms with Gasteiger partial charge in [0.05, 0.1) is 17.0 Å². The van der Waals surface area contributed by atoms with Crippen molar-refractivity contribution in [3.63, 3.8) is 0 Å². The molecule has 1 aromatic carbocycles. The van der Waals surface area contributed by atoms with Crippen molar-refractivity contribution < 1.29 is 9.53 Å². The first-order valence-corrected chi connectivity index (χ1v) is 6.72. The Morgan fingerprint density at radius 3 is 2.70 bits per heavy atom. The summed E-state index contributed by atoms with van der Waals surface area (Å²) in [5.74, 6) is 0.0787. The Morgan fingerprint density at radius 1 is 1.40 bits per heavy atom. The molecular weight excluding hydrogens is 276 g/mol. The number of carbonyl (C=O) groups excluding carboxylic acids is 1. The van der Waals surface area contributed by atoms with Crippen LogP contribution in [0.15, 0.2) is 36.7 Å². The van der Waals surface area contributed by atoms with E-state index in [0.717, 1.165) is 5.56 Å². The van der Waals surface area contributed by atoms with E-state index in [1.807, 2.05) is 18.3 Å². The van der Waals surface area contributed by atoms with E-state index in [0.29, 0.717) is 17.3 Å². The molecule has 20 heavy (non-hydrogen) atoms. The zero-order chi connectivity index (χ0) is 14.8. The Balaban J connectivity index is 2.12. The van der Waals surface area contributed by atoms with Crippen LogP contribution in [0.3, 0.4) is 0 Å². The minimum absolute atomic E-state index is 0.306. The number of hydrogen-bond donors (Lipinski definition) is 0. The van der Waals surface area contributed by atoms with Gasteiger partial charge in [-0.2, -0.15) is 5.10 Å². The van der Waals surface area contributed by atoms with Crippen LogP contribution in [0.2, 0.25) is 5.02 Å². The van der Waals surface area contributed by atoms with E-state index < -0.39 is 5.41 Å². The quantitative estimate of drug-likeness (QED) is 0.642. The van der Waals surface area contributed by atoms with E-state index in [4.69, 9.17) is 16.3 Å². The van der Waals surface area contributed by atoms with E-state index in [9.17, 15) is 4.79 Å². The van der Waals surface area contributed by atoms with Crippen molar-refractivity contribution in [2.45, 2.75) is 27.3 Å². The second kappa shape index (κ2) is 5.67. The van der Waals surface area contributed by atoms with Crippen LogP contribution in [0.4, 0.5) is 0 Å². The summed E-state index contributed by atoms with van der Waals surface area (Å²) < 4.78 is 7.10. The van der Waals surface area contributed by atoms with Crippen LogP contribution >= 0.6 is 11.6 Å². The minimum atomic E-state index is -0.558. The Morgan fingerprint density at radius 2 is 2.15 bits per heavy atom. The highest BCUT2D eigenvalue weighted by Crippen LogP contribution is 2.28. The molecule has 1 heterocycles. The lowest BCUT2D eigenvalue weighted by Gasteiger charge is -2.17. The first kappa shape index (κ1) is 14.6. The van der Waals surface area contributed by atoms with Gasteiger partial charge in [0.25, 0.3) is 0 Å². The lowest BCUT2D eigenvalue weighted by Crippen LogP contribution is -2.25. The lowest BCUT2D eigenvalue weighted by atomic mass is 9.97. The predicted molar refractivity (Wildman–Crippen MR) is 77.9 cm³/mol. The van der Waals surface area contributed by atoms with E-state index >= 15 is 0 Å². The summed E-state index contributed by atoms with van der Waals surface area (Å²) in [6.07, 6.45) is 3.60. The van der Waals surface area contributed by atoms with Crippen molar-refractivity contribution in [3.8, 4) is 5.75 Å². The van der Waals surface area contributed by atoms with Crippen LogP contribution in [0.5, 0.6) is 5.75 Å². The minimum Gasteiger partial charge on any atom is -0.425 e. The number of hydrogen-bond acceptors (Lipinski definition) is 3. The summed E-state index contributed by atoms with van der Waals surface area (Å²) in [7, 11) is 0. The summed E-state index contributed by atoms with van der Waals surface area (Å²) in [5.41, 5.74) is 0.436. The van der Waals surface area contributed by atoms with Gasteiger partial charge in [-0.1, -0.05) is 17.7 Å². The number of nitrogens with zero attached hydrogens (tertiary/aromatic N) is 2. The van der Waals surface area contributed by atoms with Gasteiger partial charge in [-0.05, 0) is 44.5 Å². The molecule has 0 radical (unpaired) electrons. The summed E-state index contributed by atoms with van der Waals surface area (Å²) in [6.45, 7) is 6.03. The monoisotopic (exact) mass is 292 g/mol. The highest BCUT2D eigenvalue weighted by Gasteiger charge is 2.24. The van der Waals surface area contributed by atoms with Gasteiger partial charge in [0.15, 0.2) is 0 Å². The molecule has 0 unspecified atom stereocenters. The average Bonchev–Trinajstić information content (AvgIpc) is 2.84. The van der Waals surface area contributed by atoms with Gasteiger partial charge >= 0.3 is 5.97 Å². The normalized spacial score (nSPS) is 11.4. The SMILES string of the molecule is CC(C)(C)C(=O)Oc1ccc(Cn2cccn2)cc1Cl. The third-order valence-electron chi connectivity index (χ3n) is 2.72. The second-order valence-corrected chi connectivity index (χ2v) is 6.02. The maximum atomic E-state index is 11.8. The van der Waals surface area contributed by atoms with Gasteiger partial charge in [0.2, 0.25) is 0 Å². The van der Waals surface area contributed by atoms with Gasteiger partial charge in [0.1, 0.15) is 5.75 Å². The molecule has 0 atom stereocenters. The number of ether oxygens (including phenoxy) is 1. The molecule has 1 aromatic heterocycles. The number of halogens is 1. The molecule has 4 nitrogen and oxygen atoms in total. The van der Waals surface area contributed by atoms with Crippen molar-refractivity contribution in [2.24, 2.45) is 5.41 Å². The van der Waals surface area contributed by atoms with Gasteiger partial charge in [-0.25, -0.2) is 0 Å². The zero-order valence-corrected chi connectivity index (χ0v) is 12.5. The summed E-state index contributed by atoms with van der Waals surface area (Å²) in [4.78, 5) is 11.8. The van der Waals surface area contributed by atoms with Crippen LogP contribution in [0.1, 0.15) is 26.3 Å². The number of benzene rings is 1. The fourth-order valence-corrected chi connectivity index (χ4v) is 1.80. The van der Waals surface area contributed by atoms with Crippen LogP contribution in [-0.4, -0.2) is 15.7 Å². The molecule has 2 aromatic rings. The van der Waals surface area contributed by atoms with Crippen LogP contribution < -0.4 is 4.74 Å². The van der Waals surface area contributed by atoms with E-state index in [-0.39, 0.29) is 5.97 Å². The molecule has 0 N–H and O–H groups in total. The van der Waals surface area contributed by atoms with Crippen LogP contribution in [0.25, 0.3) is 0 Å². The molecule has 106 valence electrons. The molecule has 0 spiro atoms. The van der Waals surface area contributed by atoms with Crippen molar-refractivity contribution in [1.82, 2.24) is 9.78 Å². The summed E-state index contributed by atoms with van der Waals surface area (Å²) in [6, 6.07) is 7.24. The Kier molecular flexibility index (Phi) is 4.14. The number of carbonyl (C=O) groups is 1. The lowest BCUT2D eigenvalue weighted by molar-refractivity contribution is -0.142. The Bertz CT molecular complexity index is 601. The molecule has 0 fully saturated rings. The third kappa shape index (κ3) is 3.61. The standard InChI is InChI=1S/C15H17ClN2O2/c1-15(2,3)14(19)20-13-6-5-11(9-12(13)16)10-18-8-4-7-17-18/h4-9H,10H2,1-3H3. The van der Waals surface area contributed by atoms with E-state index in [2.05, 4.69) is 5.10 Å². The maximum Gasteiger partial charge on any atom is 0.316 e. The van der Waals surface area contributed by atoms with Crippen LogP contribution in [-0.2, 0) is 11.3 Å². The fraction of sp³-hybridized carbons (Fsp3) is 0.333. The van der Waals surface area contributed by atoms with E-state index in [1.165, 1.54) is 0 Å². The van der Waals surface area contributed by atoms with Crippen molar-refractivity contribution in [2.75, 3.05) is 0 Å². The number of rotatable bonds is 3. The highest BCUT2D eigenvalue weighted by molar-refractivity contribution is 6.32. The topological polar surface area (TPSA) is 44.1 Å². The van der Waals surface area contributed by atoms with Gasteiger partial charge in [-0.15, -0.1) is 0 Å². The van der Waals surface area contributed by atoms with Crippen molar-refractivity contribution >= 4 is 17.6 Å². The average molecular weight is 293 g/mol. The smallest absolute Gasteiger partial charge is 0.316 e. The third-order valence-corrected chi connectivity index (χ3v) is 3.01. The zero-order valence-electron chi connectivity index (χ0n) is 11.8. The largest absolute Gasteiger partial charge is 0.425 e. The Hall–Kier alpha value is -1.81. The molecule has 5 heteroatoms. The number of aromatic nitrogens is 2. The first-order chi connectivity index (χ1) is 9.36. The van der Waals surface area contributed by atoms with Crippen LogP contribution in [0, 0.1) is 5.41 Å². The highest BCUT2D eigenvalue weighted by atomic mass is 35.5.